The first-order valence-electron chi connectivity index (χ1n) is 9.93. The molecule has 2 aromatic rings. The zero-order valence-corrected chi connectivity index (χ0v) is 16.4. The van der Waals surface area contributed by atoms with Gasteiger partial charge in [-0.25, -0.2) is 0 Å². The number of hydrogen-bond acceptors (Lipinski definition) is 4. The maximum Gasteiger partial charge on any atom is 0.230 e. The second kappa shape index (κ2) is 7.33. The standard InChI is InChI=1S/C21H28N4O2/c1-14(2)25-13-22-23-20(25)16-5-4-10-24(12-16)21(26)18-9-7-15-6-8-17(27-3)11-19(15)18/h6,8,11,13-14,16,18H,4-5,7,9-10,12H2,1-3H3. The molecular weight excluding hydrogens is 340 g/mol. The Labute approximate surface area is 160 Å². The van der Waals surface area contributed by atoms with Crippen LogP contribution in [0.2, 0.25) is 0 Å². The molecule has 1 fully saturated rings. The van der Waals surface area contributed by atoms with E-state index < -0.39 is 0 Å². The number of likely N-dealkylation sites (tertiary alicyclic amines) is 1. The molecular formula is C21H28N4O2. The fourth-order valence-electron chi connectivity index (χ4n) is 4.51. The first kappa shape index (κ1) is 18.0. The van der Waals surface area contributed by atoms with Gasteiger partial charge in [-0.05, 0) is 62.8 Å². The summed E-state index contributed by atoms with van der Waals surface area (Å²) in [6.07, 6.45) is 5.74. The zero-order valence-electron chi connectivity index (χ0n) is 16.4. The number of nitrogens with zero attached hydrogens (tertiary/aromatic N) is 4. The lowest BCUT2D eigenvalue weighted by molar-refractivity contribution is -0.134. The van der Waals surface area contributed by atoms with Crippen LogP contribution in [-0.2, 0) is 11.2 Å². The summed E-state index contributed by atoms with van der Waals surface area (Å²) in [6, 6.07) is 6.46. The number of ether oxygens (including phenoxy) is 1. The minimum absolute atomic E-state index is 0.0446. The van der Waals surface area contributed by atoms with Crippen molar-refractivity contribution in [3.63, 3.8) is 0 Å². The van der Waals surface area contributed by atoms with Gasteiger partial charge in [0.05, 0.1) is 13.0 Å². The number of hydrogen-bond donors (Lipinski definition) is 0. The van der Waals surface area contributed by atoms with E-state index >= 15 is 0 Å². The van der Waals surface area contributed by atoms with E-state index in [1.54, 1.807) is 13.4 Å². The molecule has 0 N–H and O–H groups in total. The normalized spacial score (nSPS) is 22.1. The SMILES string of the molecule is COc1ccc2c(c1)C(C(=O)N1CCCC(c3nncn3C(C)C)C1)CC2. The van der Waals surface area contributed by atoms with E-state index in [-0.39, 0.29) is 17.7 Å². The van der Waals surface area contributed by atoms with Crippen molar-refractivity contribution in [1.29, 1.82) is 0 Å². The van der Waals surface area contributed by atoms with Crippen molar-refractivity contribution in [3.05, 3.63) is 41.5 Å². The molecule has 0 saturated carbocycles. The van der Waals surface area contributed by atoms with Gasteiger partial charge in [0.25, 0.3) is 0 Å². The highest BCUT2D eigenvalue weighted by Crippen LogP contribution is 2.38. The molecule has 1 aliphatic carbocycles. The summed E-state index contributed by atoms with van der Waals surface area (Å²) in [6.45, 7) is 5.85. The third-order valence-electron chi connectivity index (χ3n) is 5.98. The molecule has 0 bridgehead atoms. The molecule has 1 aliphatic heterocycles. The van der Waals surface area contributed by atoms with E-state index in [2.05, 4.69) is 34.7 Å². The Morgan fingerprint density at radius 1 is 1.30 bits per heavy atom. The molecule has 1 saturated heterocycles. The molecule has 27 heavy (non-hydrogen) atoms. The van der Waals surface area contributed by atoms with Crippen LogP contribution in [0.1, 0.15) is 67.9 Å². The van der Waals surface area contributed by atoms with E-state index in [4.69, 9.17) is 4.74 Å². The molecule has 2 atom stereocenters. The predicted molar refractivity (Wildman–Crippen MR) is 103 cm³/mol. The van der Waals surface area contributed by atoms with Crippen LogP contribution in [0.5, 0.6) is 5.75 Å². The van der Waals surface area contributed by atoms with Gasteiger partial charge in [0.2, 0.25) is 5.91 Å². The number of aryl methyl sites for hydroxylation is 1. The Bertz CT molecular complexity index is 829. The molecule has 1 aromatic carbocycles. The van der Waals surface area contributed by atoms with Gasteiger partial charge in [0.15, 0.2) is 0 Å². The maximum atomic E-state index is 13.3. The van der Waals surface area contributed by atoms with E-state index in [0.717, 1.165) is 55.9 Å². The van der Waals surface area contributed by atoms with Crippen LogP contribution in [0.15, 0.2) is 24.5 Å². The second-order valence-corrected chi connectivity index (χ2v) is 7.97. The van der Waals surface area contributed by atoms with Crippen LogP contribution < -0.4 is 4.74 Å². The predicted octanol–water partition coefficient (Wildman–Crippen LogP) is 3.30. The third kappa shape index (κ3) is 3.33. The molecule has 1 aromatic heterocycles. The molecule has 1 amide bonds. The molecule has 2 aliphatic rings. The van der Waals surface area contributed by atoms with Gasteiger partial charge in [0, 0.05) is 25.0 Å². The molecule has 6 nitrogen and oxygen atoms in total. The van der Waals surface area contributed by atoms with Crippen molar-refractivity contribution in [1.82, 2.24) is 19.7 Å². The Hall–Kier alpha value is -2.37. The summed E-state index contributed by atoms with van der Waals surface area (Å²) in [5.74, 6) is 2.31. The van der Waals surface area contributed by atoms with Gasteiger partial charge in [-0.2, -0.15) is 0 Å². The van der Waals surface area contributed by atoms with Crippen LogP contribution in [0, 0.1) is 0 Å². The number of piperidine rings is 1. The van der Waals surface area contributed by atoms with E-state index in [0.29, 0.717) is 6.04 Å². The largest absolute Gasteiger partial charge is 0.497 e. The van der Waals surface area contributed by atoms with Gasteiger partial charge in [0.1, 0.15) is 17.9 Å². The first-order chi connectivity index (χ1) is 13.1. The van der Waals surface area contributed by atoms with Crippen molar-refractivity contribution in [2.24, 2.45) is 0 Å². The number of amides is 1. The summed E-state index contributed by atoms with van der Waals surface area (Å²) in [5, 5.41) is 8.48. The number of fused-ring (bicyclic) bond motifs is 1. The van der Waals surface area contributed by atoms with Gasteiger partial charge < -0.3 is 14.2 Å². The summed E-state index contributed by atoms with van der Waals surface area (Å²) >= 11 is 0. The lowest BCUT2D eigenvalue weighted by atomic mass is 9.93. The minimum Gasteiger partial charge on any atom is -0.497 e. The Morgan fingerprint density at radius 3 is 2.93 bits per heavy atom. The highest BCUT2D eigenvalue weighted by atomic mass is 16.5. The van der Waals surface area contributed by atoms with Crippen LogP contribution >= 0.6 is 0 Å². The van der Waals surface area contributed by atoms with E-state index in [9.17, 15) is 4.79 Å². The van der Waals surface area contributed by atoms with Crippen molar-refractivity contribution in [2.45, 2.75) is 57.4 Å². The summed E-state index contributed by atoms with van der Waals surface area (Å²) < 4.78 is 7.51. The molecule has 6 heteroatoms. The lowest BCUT2D eigenvalue weighted by Crippen LogP contribution is -2.42. The molecule has 2 heterocycles. The number of benzene rings is 1. The molecule has 0 radical (unpaired) electrons. The summed E-state index contributed by atoms with van der Waals surface area (Å²) in [4.78, 5) is 15.4. The van der Waals surface area contributed by atoms with Crippen LogP contribution in [0.4, 0.5) is 0 Å². The second-order valence-electron chi connectivity index (χ2n) is 7.97. The molecule has 4 rings (SSSR count). The number of carbonyl (C=O) groups is 1. The third-order valence-corrected chi connectivity index (χ3v) is 5.98. The van der Waals surface area contributed by atoms with Gasteiger partial charge in [-0.15, -0.1) is 10.2 Å². The Balaban J connectivity index is 1.53. The highest BCUT2D eigenvalue weighted by molar-refractivity contribution is 5.85. The van der Waals surface area contributed by atoms with Crippen molar-refractivity contribution in [3.8, 4) is 5.75 Å². The zero-order chi connectivity index (χ0) is 19.0. The molecule has 144 valence electrons. The number of carbonyl (C=O) groups excluding carboxylic acids is 1. The van der Waals surface area contributed by atoms with Gasteiger partial charge in [-0.1, -0.05) is 6.07 Å². The number of rotatable bonds is 4. The fraction of sp³-hybridized carbons (Fsp3) is 0.571. The average Bonchev–Trinajstić information content (AvgIpc) is 3.34. The van der Waals surface area contributed by atoms with Crippen LogP contribution in [-0.4, -0.2) is 45.8 Å². The lowest BCUT2D eigenvalue weighted by Gasteiger charge is -2.34. The number of methoxy groups -OCH3 is 1. The quantitative estimate of drug-likeness (QED) is 0.831. The minimum atomic E-state index is -0.0446. The summed E-state index contributed by atoms with van der Waals surface area (Å²) in [5.41, 5.74) is 2.43. The topological polar surface area (TPSA) is 60.2 Å². The highest BCUT2D eigenvalue weighted by Gasteiger charge is 2.35. The van der Waals surface area contributed by atoms with E-state index in [1.807, 2.05) is 17.0 Å². The molecule has 2 unspecified atom stereocenters. The van der Waals surface area contributed by atoms with Crippen LogP contribution in [0.3, 0.4) is 0 Å². The van der Waals surface area contributed by atoms with Crippen molar-refractivity contribution < 1.29 is 9.53 Å². The maximum absolute atomic E-state index is 13.3. The smallest absolute Gasteiger partial charge is 0.230 e. The Morgan fingerprint density at radius 2 is 2.15 bits per heavy atom. The van der Waals surface area contributed by atoms with Gasteiger partial charge >= 0.3 is 0 Å². The monoisotopic (exact) mass is 368 g/mol. The Kier molecular flexibility index (Phi) is 4.89. The van der Waals surface area contributed by atoms with Crippen molar-refractivity contribution >= 4 is 5.91 Å². The number of aromatic nitrogens is 3. The first-order valence-corrected chi connectivity index (χ1v) is 9.93. The van der Waals surface area contributed by atoms with Crippen LogP contribution in [0.25, 0.3) is 0 Å². The van der Waals surface area contributed by atoms with Gasteiger partial charge in [-0.3, -0.25) is 4.79 Å². The fourth-order valence-corrected chi connectivity index (χ4v) is 4.51. The van der Waals surface area contributed by atoms with E-state index in [1.165, 1.54) is 5.56 Å². The average molecular weight is 368 g/mol. The summed E-state index contributed by atoms with van der Waals surface area (Å²) in [7, 11) is 1.67. The molecule has 0 spiro atoms. The van der Waals surface area contributed by atoms with Crippen molar-refractivity contribution in [2.75, 3.05) is 20.2 Å².